The maximum atomic E-state index is 12.5. The fraction of sp³-hybridized carbons (Fsp3) is 0.318. The van der Waals surface area contributed by atoms with E-state index in [0.717, 1.165) is 11.1 Å². The first-order valence-corrected chi connectivity index (χ1v) is 12.5. The zero-order chi connectivity index (χ0) is 22.9. The number of hydrogen-bond donors (Lipinski definition) is 0. The molecule has 1 aliphatic rings. The predicted molar refractivity (Wildman–Crippen MR) is 129 cm³/mol. The third-order valence-corrected chi connectivity index (χ3v) is 8.25. The highest BCUT2D eigenvalue weighted by Gasteiger charge is 2.30. The van der Waals surface area contributed by atoms with Crippen LogP contribution < -0.4 is 4.90 Å². The summed E-state index contributed by atoms with van der Waals surface area (Å²) < 4.78 is 26.5. The van der Waals surface area contributed by atoms with Gasteiger partial charge >= 0.3 is 0 Å². The highest BCUT2D eigenvalue weighted by Crippen LogP contribution is 2.34. The van der Waals surface area contributed by atoms with Gasteiger partial charge in [0.25, 0.3) is 0 Å². The van der Waals surface area contributed by atoms with Gasteiger partial charge < -0.3 is 4.90 Å². The number of piperazine rings is 1. The van der Waals surface area contributed by atoms with E-state index in [9.17, 15) is 8.42 Å². The number of anilines is 1. The molecule has 4 rings (SSSR count). The second-order valence-corrected chi connectivity index (χ2v) is 11.1. The summed E-state index contributed by atoms with van der Waals surface area (Å²) in [5, 5.41) is 0.672. The molecule has 1 saturated heterocycles. The number of halogens is 2. The monoisotopic (exact) mass is 491 g/mol. The average Bonchev–Trinajstić information content (AvgIpc) is 2.80. The van der Waals surface area contributed by atoms with Crippen molar-refractivity contribution in [1.82, 2.24) is 19.3 Å². The van der Waals surface area contributed by atoms with Crippen molar-refractivity contribution in [2.75, 3.05) is 31.1 Å². The van der Waals surface area contributed by atoms with Crippen molar-refractivity contribution in [2.45, 2.75) is 19.1 Å². The van der Waals surface area contributed by atoms with Gasteiger partial charge in [-0.3, -0.25) is 9.97 Å². The molecule has 0 bridgehead atoms. The summed E-state index contributed by atoms with van der Waals surface area (Å²) in [4.78, 5) is 15.7. The number of sulfonamides is 1. The molecule has 0 atom stereocenters. The van der Waals surface area contributed by atoms with Crippen LogP contribution in [0.15, 0.2) is 48.9 Å². The summed E-state index contributed by atoms with van der Waals surface area (Å²) in [6.45, 7) is 5.29. The summed E-state index contributed by atoms with van der Waals surface area (Å²) in [6, 6.07) is 9.20. The van der Waals surface area contributed by atoms with Crippen LogP contribution in [-0.2, 0) is 10.0 Å². The van der Waals surface area contributed by atoms with Gasteiger partial charge in [-0.15, -0.1) is 0 Å². The Kier molecular flexibility index (Phi) is 6.67. The molecule has 10 heteroatoms. The first-order valence-electron chi connectivity index (χ1n) is 10.2. The molecular formula is C22H23Cl2N5O2S. The Hall–Kier alpha value is -2.26. The van der Waals surface area contributed by atoms with Gasteiger partial charge in [-0.25, -0.2) is 13.4 Å². The highest BCUT2D eigenvalue weighted by molar-refractivity contribution is 7.89. The minimum Gasteiger partial charge on any atom is -0.353 e. The van der Waals surface area contributed by atoms with E-state index in [1.165, 1.54) is 0 Å². The van der Waals surface area contributed by atoms with Gasteiger partial charge in [0.1, 0.15) is 11.5 Å². The van der Waals surface area contributed by atoms with E-state index in [0.29, 0.717) is 53.4 Å². The molecule has 0 saturated carbocycles. The zero-order valence-electron chi connectivity index (χ0n) is 17.7. The lowest BCUT2D eigenvalue weighted by Gasteiger charge is -2.35. The molecule has 3 aromatic rings. The maximum Gasteiger partial charge on any atom is 0.216 e. The van der Waals surface area contributed by atoms with Crippen LogP contribution in [0.25, 0.3) is 22.5 Å². The fourth-order valence-electron chi connectivity index (χ4n) is 3.58. The number of pyridine rings is 1. The normalized spacial score (nSPS) is 15.3. The van der Waals surface area contributed by atoms with Crippen molar-refractivity contribution in [2.24, 2.45) is 0 Å². The number of nitrogens with zero attached hydrogens (tertiary/aromatic N) is 5. The molecule has 0 N–H and O–H groups in total. The fourth-order valence-corrected chi connectivity index (χ4v) is 5.18. The van der Waals surface area contributed by atoms with Crippen molar-refractivity contribution < 1.29 is 8.42 Å². The van der Waals surface area contributed by atoms with E-state index >= 15 is 0 Å². The first-order chi connectivity index (χ1) is 15.3. The summed E-state index contributed by atoms with van der Waals surface area (Å²) in [5.41, 5.74) is 2.90. The molecule has 1 fully saturated rings. The Balaban J connectivity index is 1.69. The quantitative estimate of drug-likeness (QED) is 0.526. The summed E-state index contributed by atoms with van der Waals surface area (Å²) >= 11 is 12.5. The van der Waals surface area contributed by atoms with Crippen LogP contribution in [0.4, 0.5) is 5.82 Å². The average molecular weight is 492 g/mol. The van der Waals surface area contributed by atoms with Crippen molar-refractivity contribution in [3.63, 3.8) is 0 Å². The Bertz CT molecular complexity index is 1210. The van der Waals surface area contributed by atoms with Crippen LogP contribution in [-0.4, -0.2) is 59.1 Å². The van der Waals surface area contributed by atoms with E-state index in [-0.39, 0.29) is 0 Å². The van der Waals surface area contributed by atoms with Crippen LogP contribution in [0.1, 0.15) is 13.8 Å². The second-order valence-electron chi connectivity index (χ2n) is 7.77. The van der Waals surface area contributed by atoms with E-state index in [2.05, 4.69) is 4.98 Å². The first kappa shape index (κ1) is 22.9. The van der Waals surface area contributed by atoms with Gasteiger partial charge in [-0.2, -0.15) is 4.31 Å². The number of aromatic nitrogens is 3. The highest BCUT2D eigenvalue weighted by atomic mass is 35.5. The Morgan fingerprint density at radius 2 is 1.62 bits per heavy atom. The number of hydrogen-bond acceptors (Lipinski definition) is 6. The van der Waals surface area contributed by atoms with Gasteiger partial charge in [0.05, 0.1) is 22.2 Å². The van der Waals surface area contributed by atoms with E-state index in [1.807, 2.05) is 23.1 Å². The lowest BCUT2D eigenvalue weighted by molar-refractivity contribution is 0.380. The van der Waals surface area contributed by atoms with E-state index in [1.54, 1.807) is 48.9 Å². The molecule has 2 aromatic heterocycles. The van der Waals surface area contributed by atoms with Crippen LogP contribution in [0, 0.1) is 0 Å². The molecule has 1 aromatic carbocycles. The Labute approximate surface area is 198 Å². The van der Waals surface area contributed by atoms with Gasteiger partial charge in [0.15, 0.2) is 0 Å². The third kappa shape index (κ3) is 4.59. The Morgan fingerprint density at radius 1 is 0.938 bits per heavy atom. The molecule has 1 aliphatic heterocycles. The van der Waals surface area contributed by atoms with Crippen molar-refractivity contribution in [3.05, 3.63) is 59.0 Å². The SMILES string of the molecule is CC(C)S(=O)(=O)N1CCN(c2cnc(-c3ccc(Cl)cc3)c(-c3ccncc3Cl)n2)CC1. The molecule has 168 valence electrons. The minimum atomic E-state index is -3.27. The lowest BCUT2D eigenvalue weighted by Crippen LogP contribution is -2.50. The summed E-state index contributed by atoms with van der Waals surface area (Å²) in [6.07, 6.45) is 4.96. The number of rotatable bonds is 5. The topological polar surface area (TPSA) is 79.3 Å². The molecule has 0 radical (unpaired) electrons. The van der Waals surface area contributed by atoms with Gasteiger partial charge in [0, 0.05) is 54.7 Å². The standard InChI is InChI=1S/C22H23Cl2N5O2S/c1-15(2)32(30,31)29-11-9-28(10-12-29)20-14-26-21(16-3-5-17(23)6-4-16)22(27-20)18-7-8-25-13-19(18)24/h3-8,13-15H,9-12H2,1-2H3. The number of benzene rings is 1. The van der Waals surface area contributed by atoms with Crippen LogP contribution in [0.5, 0.6) is 0 Å². The Morgan fingerprint density at radius 3 is 2.25 bits per heavy atom. The van der Waals surface area contributed by atoms with Crippen molar-refractivity contribution in [1.29, 1.82) is 0 Å². The molecule has 3 heterocycles. The molecule has 0 spiro atoms. The minimum absolute atomic E-state index is 0.409. The second kappa shape index (κ2) is 9.31. The molecule has 32 heavy (non-hydrogen) atoms. The van der Waals surface area contributed by atoms with Crippen LogP contribution in [0.2, 0.25) is 10.0 Å². The zero-order valence-corrected chi connectivity index (χ0v) is 20.1. The summed E-state index contributed by atoms with van der Waals surface area (Å²) in [5.74, 6) is 0.673. The predicted octanol–water partition coefficient (Wildman–Crippen LogP) is 4.37. The maximum absolute atomic E-state index is 12.5. The van der Waals surface area contributed by atoms with Crippen LogP contribution in [0.3, 0.4) is 0 Å². The van der Waals surface area contributed by atoms with Gasteiger partial charge in [0.2, 0.25) is 10.0 Å². The molecule has 7 nitrogen and oxygen atoms in total. The third-order valence-electron chi connectivity index (χ3n) is 5.42. The molecule has 0 unspecified atom stereocenters. The van der Waals surface area contributed by atoms with E-state index in [4.69, 9.17) is 33.2 Å². The largest absolute Gasteiger partial charge is 0.353 e. The van der Waals surface area contributed by atoms with Gasteiger partial charge in [-0.05, 0) is 32.0 Å². The molecule has 0 amide bonds. The van der Waals surface area contributed by atoms with Crippen molar-refractivity contribution >= 4 is 39.0 Å². The lowest BCUT2D eigenvalue weighted by atomic mass is 10.0. The smallest absolute Gasteiger partial charge is 0.216 e. The van der Waals surface area contributed by atoms with Crippen molar-refractivity contribution in [3.8, 4) is 22.5 Å². The van der Waals surface area contributed by atoms with Crippen LogP contribution >= 0.6 is 23.2 Å². The van der Waals surface area contributed by atoms with Gasteiger partial charge in [-0.1, -0.05) is 35.3 Å². The van der Waals surface area contributed by atoms with E-state index < -0.39 is 15.3 Å². The molecular weight excluding hydrogens is 469 g/mol. The summed E-state index contributed by atoms with van der Waals surface area (Å²) in [7, 11) is -3.27. The molecule has 0 aliphatic carbocycles.